The van der Waals surface area contributed by atoms with Gasteiger partial charge in [-0.05, 0) is 49.2 Å². The van der Waals surface area contributed by atoms with E-state index in [9.17, 15) is 4.79 Å². The molecule has 120 valence electrons. The molecule has 1 saturated heterocycles. The van der Waals surface area contributed by atoms with Crippen LogP contribution in [0.2, 0.25) is 0 Å². The van der Waals surface area contributed by atoms with Crippen LogP contribution in [0.15, 0.2) is 42.7 Å². The number of carbonyl (C=O) groups is 1. The van der Waals surface area contributed by atoms with Crippen LogP contribution in [0.4, 0.5) is 5.69 Å². The van der Waals surface area contributed by atoms with Gasteiger partial charge in [-0.25, -0.2) is 0 Å². The second-order valence-corrected chi connectivity index (χ2v) is 5.80. The highest BCUT2D eigenvalue weighted by Gasteiger charge is 2.27. The molecular formula is C18H21N3O2. The van der Waals surface area contributed by atoms with Crippen molar-refractivity contribution in [1.29, 1.82) is 0 Å². The molecule has 1 aromatic carbocycles. The van der Waals surface area contributed by atoms with Gasteiger partial charge in [-0.2, -0.15) is 0 Å². The van der Waals surface area contributed by atoms with Crippen molar-refractivity contribution in [2.45, 2.75) is 19.4 Å². The van der Waals surface area contributed by atoms with Crippen molar-refractivity contribution in [2.75, 3.05) is 25.5 Å². The highest BCUT2D eigenvalue weighted by molar-refractivity contribution is 5.96. The predicted octanol–water partition coefficient (Wildman–Crippen LogP) is 2.73. The number of anilines is 1. The van der Waals surface area contributed by atoms with E-state index >= 15 is 0 Å². The molecule has 2 heterocycles. The maximum atomic E-state index is 12.7. The van der Waals surface area contributed by atoms with Gasteiger partial charge in [0.25, 0.3) is 5.91 Å². The number of aryl methyl sites for hydroxylation is 1. The summed E-state index contributed by atoms with van der Waals surface area (Å²) in [4.78, 5) is 18.7. The molecule has 1 aromatic heterocycles. The largest absolute Gasteiger partial charge is 0.497 e. The molecule has 0 bridgehead atoms. The molecule has 0 radical (unpaired) electrons. The Balaban J connectivity index is 1.65. The molecule has 0 saturated carbocycles. The summed E-state index contributed by atoms with van der Waals surface area (Å²) in [5, 5.41) is 3.43. The number of hydrogen-bond donors (Lipinski definition) is 1. The van der Waals surface area contributed by atoms with Gasteiger partial charge in [0.1, 0.15) is 5.75 Å². The van der Waals surface area contributed by atoms with Gasteiger partial charge in [0.15, 0.2) is 0 Å². The van der Waals surface area contributed by atoms with Crippen LogP contribution in [0.25, 0.3) is 0 Å². The third-order valence-corrected chi connectivity index (χ3v) is 4.17. The van der Waals surface area contributed by atoms with Crippen LogP contribution in [-0.2, 0) is 0 Å². The van der Waals surface area contributed by atoms with E-state index in [0.717, 1.165) is 35.5 Å². The third kappa shape index (κ3) is 3.44. The monoisotopic (exact) mass is 311 g/mol. The number of nitrogens with one attached hydrogen (secondary N) is 1. The molecule has 1 unspecified atom stereocenters. The highest BCUT2D eigenvalue weighted by Crippen LogP contribution is 2.21. The van der Waals surface area contributed by atoms with Gasteiger partial charge in [0.2, 0.25) is 0 Å². The van der Waals surface area contributed by atoms with Crippen LogP contribution < -0.4 is 10.1 Å². The maximum absolute atomic E-state index is 12.7. The lowest BCUT2D eigenvalue weighted by molar-refractivity contribution is 0.0791. The van der Waals surface area contributed by atoms with Crippen LogP contribution in [-0.4, -0.2) is 42.0 Å². The fourth-order valence-corrected chi connectivity index (χ4v) is 2.92. The Hall–Kier alpha value is -2.56. The Morgan fingerprint density at radius 3 is 2.96 bits per heavy atom. The van der Waals surface area contributed by atoms with Crippen molar-refractivity contribution in [2.24, 2.45) is 0 Å². The molecule has 1 atom stereocenters. The molecule has 2 aromatic rings. The summed E-state index contributed by atoms with van der Waals surface area (Å²) < 4.78 is 5.20. The molecule has 3 rings (SSSR count). The van der Waals surface area contributed by atoms with E-state index in [2.05, 4.69) is 10.3 Å². The lowest BCUT2D eigenvalue weighted by Crippen LogP contribution is -2.32. The van der Waals surface area contributed by atoms with E-state index in [1.54, 1.807) is 19.5 Å². The molecule has 1 aliphatic rings. The second-order valence-electron chi connectivity index (χ2n) is 5.80. The van der Waals surface area contributed by atoms with Crippen molar-refractivity contribution >= 4 is 11.6 Å². The molecule has 1 fully saturated rings. The first-order chi connectivity index (χ1) is 11.2. The number of pyridine rings is 1. The summed E-state index contributed by atoms with van der Waals surface area (Å²) >= 11 is 0. The van der Waals surface area contributed by atoms with Gasteiger partial charge in [0.05, 0.1) is 12.8 Å². The Labute approximate surface area is 136 Å². The smallest absolute Gasteiger partial charge is 0.254 e. The standard InChI is InChI=1S/C18H21N3O2/c1-13-10-16(23-2)5-6-17(13)18(22)21-9-7-15(12-21)20-14-4-3-8-19-11-14/h3-6,8,10-11,15,20H,7,9,12H2,1-2H3. The first-order valence-corrected chi connectivity index (χ1v) is 7.78. The quantitative estimate of drug-likeness (QED) is 0.943. The molecule has 23 heavy (non-hydrogen) atoms. The number of amides is 1. The van der Waals surface area contributed by atoms with Crippen LogP contribution in [0.5, 0.6) is 5.75 Å². The van der Waals surface area contributed by atoms with Gasteiger partial charge in [0, 0.05) is 37.1 Å². The van der Waals surface area contributed by atoms with E-state index in [-0.39, 0.29) is 11.9 Å². The van der Waals surface area contributed by atoms with Crippen molar-refractivity contribution in [1.82, 2.24) is 9.88 Å². The van der Waals surface area contributed by atoms with Gasteiger partial charge in [-0.3, -0.25) is 9.78 Å². The van der Waals surface area contributed by atoms with Gasteiger partial charge < -0.3 is 15.0 Å². The van der Waals surface area contributed by atoms with Crippen molar-refractivity contribution in [3.05, 3.63) is 53.9 Å². The molecule has 5 heteroatoms. The Kier molecular flexibility index (Phi) is 4.46. The van der Waals surface area contributed by atoms with E-state index < -0.39 is 0 Å². The topological polar surface area (TPSA) is 54.5 Å². The number of aromatic nitrogens is 1. The molecule has 0 spiro atoms. The minimum Gasteiger partial charge on any atom is -0.497 e. The van der Waals surface area contributed by atoms with E-state index in [4.69, 9.17) is 4.74 Å². The van der Waals surface area contributed by atoms with Crippen molar-refractivity contribution < 1.29 is 9.53 Å². The number of ether oxygens (including phenoxy) is 1. The molecule has 1 N–H and O–H groups in total. The van der Waals surface area contributed by atoms with E-state index in [0.29, 0.717) is 6.54 Å². The molecule has 0 aliphatic carbocycles. The number of likely N-dealkylation sites (tertiary alicyclic amines) is 1. The average Bonchev–Trinajstić information content (AvgIpc) is 3.03. The van der Waals surface area contributed by atoms with Crippen LogP contribution in [0, 0.1) is 6.92 Å². The van der Waals surface area contributed by atoms with Gasteiger partial charge in [-0.1, -0.05) is 0 Å². The first-order valence-electron chi connectivity index (χ1n) is 7.78. The van der Waals surface area contributed by atoms with Gasteiger partial charge in [-0.15, -0.1) is 0 Å². The fraction of sp³-hybridized carbons (Fsp3) is 0.333. The second kappa shape index (κ2) is 6.69. The number of nitrogens with zero attached hydrogens (tertiary/aromatic N) is 2. The minimum atomic E-state index is 0.0839. The fourth-order valence-electron chi connectivity index (χ4n) is 2.92. The van der Waals surface area contributed by atoms with Crippen LogP contribution >= 0.6 is 0 Å². The summed E-state index contributed by atoms with van der Waals surface area (Å²) in [6.07, 6.45) is 4.50. The summed E-state index contributed by atoms with van der Waals surface area (Å²) in [5.41, 5.74) is 2.68. The Morgan fingerprint density at radius 2 is 2.26 bits per heavy atom. The third-order valence-electron chi connectivity index (χ3n) is 4.17. The zero-order valence-corrected chi connectivity index (χ0v) is 13.5. The lowest BCUT2D eigenvalue weighted by Gasteiger charge is -2.19. The van der Waals surface area contributed by atoms with Crippen molar-refractivity contribution in [3.8, 4) is 5.75 Å². The number of methoxy groups -OCH3 is 1. The average molecular weight is 311 g/mol. The van der Waals surface area contributed by atoms with E-state index in [1.807, 2.05) is 42.2 Å². The highest BCUT2D eigenvalue weighted by atomic mass is 16.5. The van der Waals surface area contributed by atoms with Crippen LogP contribution in [0.1, 0.15) is 22.3 Å². The molecule has 1 aliphatic heterocycles. The Bertz CT molecular complexity index is 688. The first kappa shape index (κ1) is 15.3. The normalized spacial score (nSPS) is 17.1. The summed E-state index contributed by atoms with van der Waals surface area (Å²) in [6, 6.07) is 9.74. The SMILES string of the molecule is COc1ccc(C(=O)N2CCC(Nc3cccnc3)C2)c(C)c1. The summed E-state index contributed by atoms with van der Waals surface area (Å²) in [5.74, 6) is 0.859. The number of hydrogen-bond acceptors (Lipinski definition) is 4. The maximum Gasteiger partial charge on any atom is 0.254 e. The lowest BCUT2D eigenvalue weighted by atomic mass is 10.1. The van der Waals surface area contributed by atoms with E-state index in [1.165, 1.54) is 0 Å². The molecular weight excluding hydrogens is 290 g/mol. The molecule has 1 amide bonds. The number of rotatable bonds is 4. The number of benzene rings is 1. The summed E-state index contributed by atoms with van der Waals surface area (Å²) in [7, 11) is 1.63. The number of carbonyl (C=O) groups excluding carboxylic acids is 1. The van der Waals surface area contributed by atoms with Gasteiger partial charge >= 0.3 is 0 Å². The Morgan fingerprint density at radius 1 is 1.39 bits per heavy atom. The van der Waals surface area contributed by atoms with Crippen LogP contribution in [0.3, 0.4) is 0 Å². The zero-order valence-electron chi connectivity index (χ0n) is 13.5. The zero-order chi connectivity index (χ0) is 16.2. The predicted molar refractivity (Wildman–Crippen MR) is 89.9 cm³/mol. The minimum absolute atomic E-state index is 0.0839. The summed E-state index contributed by atoms with van der Waals surface area (Å²) in [6.45, 7) is 3.42. The molecule has 5 nitrogen and oxygen atoms in total. The van der Waals surface area contributed by atoms with Crippen molar-refractivity contribution in [3.63, 3.8) is 0 Å².